The number of rotatable bonds is 8. The van der Waals surface area contributed by atoms with Crippen molar-refractivity contribution in [2.75, 3.05) is 0 Å². The minimum atomic E-state index is -1.15. The molecule has 1 fully saturated rings. The second-order valence-electron chi connectivity index (χ2n) is 8.09. The topological polar surface area (TPSA) is 87.1 Å². The first-order valence-corrected chi connectivity index (χ1v) is 11.3. The maximum absolute atomic E-state index is 13.5. The van der Waals surface area contributed by atoms with Gasteiger partial charge in [0.2, 0.25) is 0 Å². The third kappa shape index (κ3) is 5.62. The van der Waals surface area contributed by atoms with E-state index in [-0.39, 0.29) is 6.04 Å². The van der Waals surface area contributed by atoms with Gasteiger partial charge in [-0.2, -0.15) is 0 Å². The zero-order valence-corrected chi connectivity index (χ0v) is 19.5. The van der Waals surface area contributed by atoms with E-state index >= 15 is 0 Å². The number of ether oxygens (including phenoxy) is 1. The maximum atomic E-state index is 13.5. The molecule has 0 radical (unpaired) electrons. The van der Waals surface area contributed by atoms with Crippen molar-refractivity contribution in [1.82, 2.24) is 4.90 Å². The minimum absolute atomic E-state index is 0.315. The van der Waals surface area contributed by atoms with Crippen molar-refractivity contribution < 1.29 is 24.5 Å². The summed E-state index contributed by atoms with van der Waals surface area (Å²) in [6.07, 6.45) is -1.95. The first-order chi connectivity index (χ1) is 15.2. The molecule has 0 bridgehead atoms. The van der Waals surface area contributed by atoms with Gasteiger partial charge in [-0.15, -0.1) is 0 Å². The van der Waals surface area contributed by atoms with E-state index in [0.29, 0.717) is 22.9 Å². The zero-order chi connectivity index (χ0) is 23.4. The van der Waals surface area contributed by atoms with Crippen molar-refractivity contribution in [1.29, 1.82) is 0 Å². The summed E-state index contributed by atoms with van der Waals surface area (Å²) in [6, 6.07) is 13.4. The predicted octanol–water partition coefficient (Wildman–Crippen LogP) is 5.03. The Hall–Kier alpha value is -2.12. The van der Waals surface area contributed by atoms with Crippen LogP contribution >= 0.6 is 23.2 Å². The summed E-state index contributed by atoms with van der Waals surface area (Å²) in [7, 11) is 0. The number of aliphatic carboxylic acids is 1. The van der Waals surface area contributed by atoms with Crippen molar-refractivity contribution in [2.45, 2.75) is 63.5 Å². The fraction of sp³-hybridized carbons (Fsp3) is 0.417. The first kappa shape index (κ1) is 24.5. The molecule has 32 heavy (non-hydrogen) atoms. The highest BCUT2D eigenvalue weighted by Crippen LogP contribution is 2.45. The molecule has 0 saturated carbocycles. The highest BCUT2D eigenvalue weighted by atomic mass is 35.5. The molecule has 2 aromatic carbocycles. The monoisotopic (exact) mass is 479 g/mol. The number of carboxylic acid groups (broad SMARTS) is 1. The number of hydrogen-bond acceptors (Lipinski definition) is 4. The van der Waals surface area contributed by atoms with E-state index in [1.807, 2.05) is 25.1 Å². The molecule has 1 aliphatic rings. The zero-order valence-electron chi connectivity index (χ0n) is 17.9. The molecule has 1 aliphatic heterocycles. The molecule has 1 saturated heterocycles. The molecule has 0 aromatic heterocycles. The molecule has 1 heterocycles. The van der Waals surface area contributed by atoms with Gasteiger partial charge in [-0.05, 0) is 55.2 Å². The van der Waals surface area contributed by atoms with E-state index in [0.717, 1.165) is 11.1 Å². The Morgan fingerprint density at radius 1 is 1.12 bits per heavy atom. The number of benzene rings is 2. The van der Waals surface area contributed by atoms with Crippen molar-refractivity contribution in [2.24, 2.45) is 0 Å². The van der Waals surface area contributed by atoms with Crippen LogP contribution in [0.5, 0.6) is 0 Å². The molecule has 3 rings (SSSR count). The summed E-state index contributed by atoms with van der Waals surface area (Å²) in [6.45, 7) is 3.61. The van der Waals surface area contributed by atoms with Gasteiger partial charge in [0.15, 0.2) is 0 Å². The van der Waals surface area contributed by atoms with E-state index in [1.54, 1.807) is 42.2 Å². The lowest BCUT2D eigenvalue weighted by Crippen LogP contribution is -2.55. The van der Waals surface area contributed by atoms with E-state index in [4.69, 9.17) is 27.9 Å². The van der Waals surface area contributed by atoms with Crippen LogP contribution < -0.4 is 0 Å². The summed E-state index contributed by atoms with van der Waals surface area (Å²) in [4.78, 5) is 26.7. The van der Waals surface area contributed by atoms with Crippen LogP contribution in [0, 0.1) is 0 Å². The number of morpholine rings is 1. The number of carbonyl (C=O) groups excluding carboxylic acids is 1. The largest absolute Gasteiger partial charge is 0.481 e. The summed E-state index contributed by atoms with van der Waals surface area (Å²) in [5.41, 5.74) is 1.53. The molecule has 6 nitrogen and oxygen atoms in total. The van der Waals surface area contributed by atoms with Crippen LogP contribution in [-0.4, -0.2) is 45.2 Å². The summed E-state index contributed by atoms with van der Waals surface area (Å²) in [5.74, 6) is -1.53. The third-order valence-electron chi connectivity index (χ3n) is 5.65. The maximum Gasteiger partial charge on any atom is 0.306 e. The van der Waals surface area contributed by atoms with Gasteiger partial charge in [0.05, 0.1) is 18.6 Å². The summed E-state index contributed by atoms with van der Waals surface area (Å²) >= 11 is 12.3. The average Bonchev–Trinajstić information content (AvgIpc) is 2.73. The predicted molar refractivity (Wildman–Crippen MR) is 123 cm³/mol. The van der Waals surface area contributed by atoms with E-state index in [2.05, 4.69) is 0 Å². The van der Waals surface area contributed by atoms with E-state index in [1.165, 1.54) is 0 Å². The van der Waals surface area contributed by atoms with Gasteiger partial charge in [-0.1, -0.05) is 54.4 Å². The quantitative estimate of drug-likeness (QED) is 0.554. The van der Waals surface area contributed by atoms with Gasteiger partial charge in [-0.25, -0.2) is 0 Å². The molecule has 0 unspecified atom stereocenters. The number of nitrogens with zero attached hydrogens (tertiary/aromatic N) is 1. The SMILES string of the molecule is CC[C@@H](C[C@H](C)O)N1C(=O)[C@@H](CC(=O)O)O[C@H](c2cccc(Cl)c2)[C@H]1c1ccc(Cl)cc1. The fourth-order valence-corrected chi connectivity index (χ4v) is 4.60. The molecule has 172 valence electrons. The second kappa shape index (κ2) is 10.7. The Balaban J connectivity index is 2.17. The standard InChI is InChI=1S/C24H27Cl2NO5/c1-3-19(11-14(2)28)27-22(15-7-9-17(25)10-8-15)23(16-5-4-6-18(26)12-16)32-20(24(27)31)13-21(29)30/h4-10,12,14,19-20,22-23,28H,3,11,13H2,1-2H3,(H,29,30)/t14-,19-,20+,22+,23+/m0/s1. The molecular weight excluding hydrogens is 453 g/mol. The van der Waals surface area contributed by atoms with Crippen LogP contribution in [0.15, 0.2) is 48.5 Å². The third-order valence-corrected chi connectivity index (χ3v) is 6.14. The Labute approximate surface area is 197 Å². The lowest BCUT2D eigenvalue weighted by Gasteiger charge is -2.48. The Kier molecular flexibility index (Phi) is 8.17. The van der Waals surface area contributed by atoms with E-state index in [9.17, 15) is 19.8 Å². The number of carboxylic acids is 1. The molecule has 2 aromatic rings. The summed E-state index contributed by atoms with van der Waals surface area (Å²) < 4.78 is 6.15. The van der Waals surface area contributed by atoms with Crippen molar-refractivity contribution >= 4 is 35.1 Å². The highest BCUT2D eigenvalue weighted by Gasteiger charge is 2.47. The molecular formula is C24H27Cl2NO5. The molecule has 2 N–H and O–H groups in total. The van der Waals surface area contributed by atoms with Crippen LogP contribution in [0.2, 0.25) is 10.0 Å². The number of amides is 1. The van der Waals surface area contributed by atoms with Crippen LogP contribution in [0.3, 0.4) is 0 Å². The van der Waals surface area contributed by atoms with Gasteiger partial charge < -0.3 is 19.8 Å². The van der Waals surface area contributed by atoms with Crippen LogP contribution in [-0.2, 0) is 14.3 Å². The number of hydrogen-bond donors (Lipinski definition) is 2. The lowest BCUT2D eigenvalue weighted by molar-refractivity contribution is -0.184. The molecule has 0 aliphatic carbocycles. The Morgan fingerprint density at radius 3 is 2.38 bits per heavy atom. The number of halogens is 2. The molecule has 8 heteroatoms. The Morgan fingerprint density at radius 2 is 1.81 bits per heavy atom. The fourth-order valence-electron chi connectivity index (χ4n) is 4.27. The van der Waals surface area contributed by atoms with Crippen LogP contribution in [0.1, 0.15) is 56.4 Å². The molecule has 1 amide bonds. The smallest absolute Gasteiger partial charge is 0.306 e. The highest BCUT2D eigenvalue weighted by molar-refractivity contribution is 6.30. The first-order valence-electron chi connectivity index (χ1n) is 10.6. The van der Waals surface area contributed by atoms with Gasteiger partial charge in [0, 0.05) is 16.1 Å². The number of aliphatic hydroxyl groups is 1. The summed E-state index contributed by atoms with van der Waals surface area (Å²) in [5, 5.41) is 20.6. The Bertz CT molecular complexity index is 950. The second-order valence-corrected chi connectivity index (χ2v) is 8.96. The van der Waals surface area contributed by atoms with Crippen LogP contribution in [0.25, 0.3) is 0 Å². The lowest BCUT2D eigenvalue weighted by atomic mass is 9.88. The van der Waals surface area contributed by atoms with E-state index < -0.39 is 42.7 Å². The van der Waals surface area contributed by atoms with Gasteiger partial charge in [0.1, 0.15) is 12.2 Å². The van der Waals surface area contributed by atoms with Crippen molar-refractivity contribution in [3.63, 3.8) is 0 Å². The molecule has 0 spiro atoms. The van der Waals surface area contributed by atoms with Gasteiger partial charge in [0.25, 0.3) is 5.91 Å². The van der Waals surface area contributed by atoms with Crippen LogP contribution in [0.4, 0.5) is 0 Å². The van der Waals surface area contributed by atoms with Crippen molar-refractivity contribution in [3.8, 4) is 0 Å². The van der Waals surface area contributed by atoms with Gasteiger partial charge in [-0.3, -0.25) is 9.59 Å². The van der Waals surface area contributed by atoms with Crippen molar-refractivity contribution in [3.05, 3.63) is 69.7 Å². The number of carbonyl (C=O) groups is 2. The molecule has 5 atom stereocenters. The van der Waals surface area contributed by atoms with Gasteiger partial charge >= 0.3 is 5.97 Å². The average molecular weight is 480 g/mol. The normalized spacial score (nSPS) is 23.1. The number of aliphatic hydroxyl groups excluding tert-OH is 1. The minimum Gasteiger partial charge on any atom is -0.481 e.